The molecule has 1 aliphatic rings. The molecule has 1 unspecified atom stereocenters. The molecule has 0 aliphatic carbocycles. The lowest BCUT2D eigenvalue weighted by molar-refractivity contribution is -0.140. The molecule has 3 rings (SSSR count). The van der Waals surface area contributed by atoms with Crippen LogP contribution in [0.1, 0.15) is 28.8 Å². The van der Waals surface area contributed by atoms with Crippen molar-refractivity contribution in [1.29, 1.82) is 0 Å². The van der Waals surface area contributed by atoms with Gasteiger partial charge in [-0.25, -0.2) is 0 Å². The minimum atomic E-state index is -0.777. The number of ether oxygens (including phenoxy) is 2. The number of nitrogens with one attached hydrogen (secondary N) is 1. The molecule has 0 amide bonds. The Hall–Kier alpha value is -2.89. The van der Waals surface area contributed by atoms with Crippen molar-refractivity contribution in [3.8, 4) is 17.0 Å². The van der Waals surface area contributed by atoms with Gasteiger partial charge in [0.05, 0.1) is 7.11 Å². The maximum Gasteiger partial charge on any atom is 0.306 e. The highest BCUT2D eigenvalue weighted by Crippen LogP contribution is 2.30. The largest absolute Gasteiger partial charge is 0.497 e. The maximum absolute atomic E-state index is 12.7. The molecule has 24 heavy (non-hydrogen) atoms. The predicted molar refractivity (Wildman–Crippen MR) is 87.2 cm³/mol. The average molecular weight is 327 g/mol. The minimum absolute atomic E-state index is 0.239. The molecular formula is C18H17NO5. The van der Waals surface area contributed by atoms with Gasteiger partial charge in [0.15, 0.2) is 6.10 Å². The summed E-state index contributed by atoms with van der Waals surface area (Å²) in [5.74, 6) is -0.0828. The third-order valence-electron chi connectivity index (χ3n) is 3.95. The van der Waals surface area contributed by atoms with E-state index in [9.17, 15) is 14.4 Å². The number of methoxy groups -OCH3 is 1. The molecule has 2 aromatic rings. The smallest absolute Gasteiger partial charge is 0.306 e. The second-order valence-electron chi connectivity index (χ2n) is 5.73. The molecule has 1 fully saturated rings. The molecule has 6 nitrogen and oxygen atoms in total. The Kier molecular flexibility index (Phi) is 4.20. The van der Waals surface area contributed by atoms with Crippen molar-refractivity contribution in [3.63, 3.8) is 0 Å². The van der Waals surface area contributed by atoms with Gasteiger partial charge in [-0.2, -0.15) is 0 Å². The van der Waals surface area contributed by atoms with E-state index >= 15 is 0 Å². The van der Waals surface area contributed by atoms with Crippen molar-refractivity contribution in [3.05, 3.63) is 51.8 Å². The summed E-state index contributed by atoms with van der Waals surface area (Å²) in [4.78, 5) is 38.6. The summed E-state index contributed by atoms with van der Waals surface area (Å²) in [5.41, 5.74) is 1.98. The molecular weight excluding hydrogens is 310 g/mol. The second kappa shape index (κ2) is 6.31. The fraction of sp³-hybridized carbons (Fsp3) is 0.278. The highest BCUT2D eigenvalue weighted by atomic mass is 16.6. The summed E-state index contributed by atoms with van der Waals surface area (Å²) >= 11 is 0. The number of H-pyrrole nitrogens is 1. The van der Waals surface area contributed by atoms with Gasteiger partial charge in [0.1, 0.15) is 5.75 Å². The summed E-state index contributed by atoms with van der Waals surface area (Å²) in [5, 5.41) is 0. The highest BCUT2D eigenvalue weighted by molar-refractivity contribution is 6.06. The zero-order valence-corrected chi connectivity index (χ0v) is 13.4. The standard InChI is InChI=1S/C18H17NO5/c1-10-7-14(19-16(20)8-10)13-9-11(23-2)3-4-12(13)18(22)15-5-6-17(21)24-15/h3-4,7-9,15H,5-6H2,1-2H3,(H,19,20). The second-order valence-corrected chi connectivity index (χ2v) is 5.73. The van der Waals surface area contributed by atoms with Gasteiger partial charge in [-0.15, -0.1) is 0 Å². The van der Waals surface area contributed by atoms with Crippen LogP contribution in [0, 0.1) is 6.92 Å². The average Bonchev–Trinajstić information content (AvgIpc) is 2.99. The number of hydrogen-bond acceptors (Lipinski definition) is 5. The fourth-order valence-corrected chi connectivity index (χ4v) is 2.80. The molecule has 6 heteroatoms. The zero-order chi connectivity index (χ0) is 17.3. The Bertz CT molecular complexity index is 868. The first-order chi connectivity index (χ1) is 11.5. The topological polar surface area (TPSA) is 85.5 Å². The van der Waals surface area contributed by atoms with E-state index in [0.29, 0.717) is 29.0 Å². The summed E-state index contributed by atoms with van der Waals surface area (Å²) < 4.78 is 10.3. The molecule has 0 bridgehead atoms. The number of Topliss-reactive ketones (excluding diaryl/α,β-unsaturated/α-hetero) is 1. The summed E-state index contributed by atoms with van der Waals surface area (Å²) in [6, 6.07) is 8.25. The van der Waals surface area contributed by atoms with Crippen molar-refractivity contribution in [2.24, 2.45) is 0 Å². The van der Waals surface area contributed by atoms with Crippen molar-refractivity contribution >= 4 is 11.8 Å². The van der Waals surface area contributed by atoms with Crippen LogP contribution in [0.3, 0.4) is 0 Å². The number of aryl methyl sites for hydroxylation is 1. The maximum atomic E-state index is 12.7. The molecule has 124 valence electrons. The Morgan fingerprint density at radius 3 is 2.67 bits per heavy atom. The lowest BCUT2D eigenvalue weighted by Gasteiger charge is -2.14. The van der Waals surface area contributed by atoms with Crippen LogP contribution < -0.4 is 10.3 Å². The Labute approximate surface area is 138 Å². The number of benzene rings is 1. The van der Waals surface area contributed by atoms with Gasteiger partial charge in [-0.1, -0.05) is 0 Å². The normalized spacial score (nSPS) is 16.8. The van der Waals surface area contributed by atoms with E-state index in [0.717, 1.165) is 5.56 Å². The van der Waals surface area contributed by atoms with Crippen LogP contribution in [0.2, 0.25) is 0 Å². The Morgan fingerprint density at radius 1 is 1.25 bits per heavy atom. The Morgan fingerprint density at radius 2 is 2.04 bits per heavy atom. The monoisotopic (exact) mass is 327 g/mol. The molecule has 0 spiro atoms. The van der Waals surface area contributed by atoms with E-state index in [-0.39, 0.29) is 23.7 Å². The van der Waals surface area contributed by atoms with Crippen molar-refractivity contribution in [2.45, 2.75) is 25.9 Å². The molecule has 0 radical (unpaired) electrons. The lowest BCUT2D eigenvalue weighted by Crippen LogP contribution is -2.21. The van der Waals surface area contributed by atoms with E-state index < -0.39 is 6.10 Å². The van der Waals surface area contributed by atoms with E-state index in [2.05, 4.69) is 4.98 Å². The van der Waals surface area contributed by atoms with E-state index in [1.54, 1.807) is 31.2 Å². The summed E-state index contributed by atoms with van der Waals surface area (Å²) in [7, 11) is 1.53. The third kappa shape index (κ3) is 3.08. The fourth-order valence-electron chi connectivity index (χ4n) is 2.80. The van der Waals surface area contributed by atoms with Gasteiger partial charge < -0.3 is 14.5 Å². The van der Waals surface area contributed by atoms with Crippen LogP contribution in [0.25, 0.3) is 11.3 Å². The number of carbonyl (C=O) groups excluding carboxylic acids is 2. The number of rotatable bonds is 4. The van der Waals surface area contributed by atoms with Crippen molar-refractivity contribution < 1.29 is 19.1 Å². The number of esters is 1. The van der Waals surface area contributed by atoms with Gasteiger partial charge in [0.2, 0.25) is 11.3 Å². The van der Waals surface area contributed by atoms with Crippen LogP contribution in [-0.2, 0) is 9.53 Å². The number of aromatic nitrogens is 1. The predicted octanol–water partition coefficient (Wildman–Crippen LogP) is 2.25. The number of ketones is 1. The number of pyridine rings is 1. The molecule has 1 saturated heterocycles. The van der Waals surface area contributed by atoms with Gasteiger partial charge in [0, 0.05) is 35.7 Å². The first-order valence-corrected chi connectivity index (χ1v) is 7.61. The summed E-state index contributed by atoms with van der Waals surface area (Å²) in [6.07, 6.45) is -0.169. The summed E-state index contributed by atoms with van der Waals surface area (Å²) in [6.45, 7) is 1.80. The number of aromatic amines is 1. The van der Waals surface area contributed by atoms with E-state index in [1.165, 1.54) is 13.2 Å². The SMILES string of the molecule is COc1ccc(C(=O)C2CCC(=O)O2)c(-c2cc(C)cc(=O)[nH]2)c1. The third-order valence-corrected chi connectivity index (χ3v) is 3.95. The van der Waals surface area contributed by atoms with Crippen molar-refractivity contribution in [1.82, 2.24) is 4.98 Å². The van der Waals surface area contributed by atoms with Crippen LogP contribution in [0.4, 0.5) is 0 Å². The first kappa shape index (κ1) is 16.0. The Balaban J connectivity index is 2.11. The van der Waals surface area contributed by atoms with Gasteiger partial charge in [-0.05, 0) is 36.8 Å². The molecule has 1 aromatic carbocycles. The minimum Gasteiger partial charge on any atom is -0.497 e. The van der Waals surface area contributed by atoms with Crippen LogP contribution in [-0.4, -0.2) is 30.0 Å². The lowest BCUT2D eigenvalue weighted by atomic mass is 9.96. The number of hydrogen-bond donors (Lipinski definition) is 1. The van der Waals surface area contributed by atoms with Crippen LogP contribution in [0.5, 0.6) is 5.75 Å². The molecule has 1 aliphatic heterocycles. The number of cyclic esters (lactones) is 1. The highest BCUT2D eigenvalue weighted by Gasteiger charge is 2.32. The quantitative estimate of drug-likeness (QED) is 0.687. The van der Waals surface area contributed by atoms with Gasteiger partial charge in [-0.3, -0.25) is 14.4 Å². The molecule has 1 atom stereocenters. The van der Waals surface area contributed by atoms with Gasteiger partial charge in [0.25, 0.3) is 0 Å². The first-order valence-electron chi connectivity index (χ1n) is 7.61. The number of carbonyl (C=O) groups is 2. The van der Waals surface area contributed by atoms with Crippen LogP contribution in [0.15, 0.2) is 35.1 Å². The zero-order valence-electron chi connectivity index (χ0n) is 13.4. The van der Waals surface area contributed by atoms with Crippen LogP contribution >= 0.6 is 0 Å². The van der Waals surface area contributed by atoms with Crippen molar-refractivity contribution in [2.75, 3.05) is 7.11 Å². The molecule has 1 N–H and O–H groups in total. The molecule has 0 saturated carbocycles. The van der Waals surface area contributed by atoms with E-state index in [4.69, 9.17) is 9.47 Å². The molecule has 1 aromatic heterocycles. The van der Waals surface area contributed by atoms with Gasteiger partial charge >= 0.3 is 5.97 Å². The van der Waals surface area contributed by atoms with E-state index in [1.807, 2.05) is 0 Å². The molecule has 2 heterocycles.